The summed E-state index contributed by atoms with van der Waals surface area (Å²) >= 11 is 0. The maximum atomic E-state index is 14.7. The molecule has 270 valence electrons. The molecule has 1 saturated heterocycles. The van der Waals surface area contributed by atoms with Gasteiger partial charge in [0.1, 0.15) is 41.4 Å². The molecule has 2 aromatic carbocycles. The van der Waals surface area contributed by atoms with Crippen LogP contribution < -0.4 is 21.5 Å². The number of methoxy groups -OCH3 is 1. The number of hydrogen-bond acceptors (Lipinski definition) is 13. The highest BCUT2D eigenvalue weighted by molar-refractivity contribution is 6.02. The van der Waals surface area contributed by atoms with Gasteiger partial charge in [-0.15, -0.1) is 0 Å². The van der Waals surface area contributed by atoms with E-state index < -0.39 is 66.0 Å². The number of aliphatic hydroxyl groups excluding tert-OH is 1. The third-order valence-electron chi connectivity index (χ3n) is 8.12. The Bertz CT molecular complexity index is 1880. The number of nitrogens with one attached hydrogen (secondary N) is 1. The van der Waals surface area contributed by atoms with E-state index in [4.69, 9.17) is 25.7 Å². The van der Waals surface area contributed by atoms with Crippen molar-refractivity contribution in [2.24, 2.45) is 5.73 Å². The normalized spacial score (nSPS) is 20.0. The number of carboxylic acid groups (broad SMARTS) is 1. The van der Waals surface area contributed by atoms with Crippen molar-refractivity contribution in [3.8, 4) is 5.75 Å². The van der Waals surface area contributed by atoms with Crippen LogP contribution in [-0.4, -0.2) is 102 Å². The number of hydrogen-bond donors (Lipinski definition) is 5. The zero-order valence-electron chi connectivity index (χ0n) is 28.4. The minimum atomic E-state index is -1.96. The fourth-order valence-electron chi connectivity index (χ4n) is 5.79. The first-order chi connectivity index (χ1) is 24.2. The number of ether oxygens (including phenoxy) is 3. The molecule has 1 fully saturated rings. The van der Waals surface area contributed by atoms with E-state index in [1.807, 2.05) is 0 Å². The average Bonchev–Trinajstić information content (AvgIpc) is 3.66. The predicted molar refractivity (Wildman–Crippen MR) is 181 cm³/mol. The highest BCUT2D eigenvalue weighted by atomic mass is 16.6. The van der Waals surface area contributed by atoms with Crippen LogP contribution in [0, 0.1) is 0 Å². The summed E-state index contributed by atoms with van der Waals surface area (Å²) in [7, 11) is 1.50. The molecule has 7 N–H and O–H groups in total. The van der Waals surface area contributed by atoms with Crippen molar-refractivity contribution in [3.63, 3.8) is 0 Å². The van der Waals surface area contributed by atoms with Crippen molar-refractivity contribution in [2.45, 2.75) is 75.8 Å². The highest BCUT2D eigenvalue weighted by Gasteiger charge is 2.55. The molecule has 17 heteroatoms. The van der Waals surface area contributed by atoms with Gasteiger partial charge in [0.25, 0.3) is 5.91 Å². The molecule has 0 spiro atoms. The molecule has 1 aliphatic rings. The lowest BCUT2D eigenvalue weighted by Crippen LogP contribution is -2.63. The van der Waals surface area contributed by atoms with Gasteiger partial charge in [-0.2, -0.15) is 0 Å². The monoisotopic (exact) mass is 704 g/mol. The molecule has 0 saturated carbocycles. The number of rotatable bonds is 11. The summed E-state index contributed by atoms with van der Waals surface area (Å²) in [6, 6.07) is 10.6. The molecule has 51 heavy (non-hydrogen) atoms. The van der Waals surface area contributed by atoms with Crippen LogP contribution in [-0.2, 0) is 36.7 Å². The van der Waals surface area contributed by atoms with Crippen LogP contribution in [0.4, 0.5) is 10.6 Å². The van der Waals surface area contributed by atoms with Gasteiger partial charge in [0.15, 0.2) is 23.8 Å². The number of amides is 3. The molecule has 5 rings (SSSR count). The number of nitrogens with two attached hydrogens (primary N) is 2. The maximum Gasteiger partial charge on any atom is 0.408 e. The van der Waals surface area contributed by atoms with Crippen LogP contribution in [0.25, 0.3) is 11.2 Å². The molecule has 1 aliphatic heterocycles. The number of benzene rings is 2. The predicted octanol–water partition coefficient (Wildman–Crippen LogP) is 1.19. The van der Waals surface area contributed by atoms with Gasteiger partial charge < -0.3 is 41.2 Å². The molecule has 0 radical (unpaired) electrons. The summed E-state index contributed by atoms with van der Waals surface area (Å²) in [5.74, 6) is -3.09. The van der Waals surface area contributed by atoms with E-state index in [1.165, 1.54) is 18.0 Å². The zero-order chi connectivity index (χ0) is 37.0. The highest BCUT2D eigenvalue weighted by Crippen LogP contribution is 2.36. The first-order valence-electron chi connectivity index (χ1n) is 16.0. The van der Waals surface area contributed by atoms with Gasteiger partial charge in [-0.25, -0.2) is 24.5 Å². The molecule has 3 heterocycles. The lowest BCUT2D eigenvalue weighted by molar-refractivity contribution is -0.159. The first-order valence-corrected chi connectivity index (χ1v) is 16.0. The van der Waals surface area contributed by atoms with E-state index in [1.54, 1.807) is 75.4 Å². The molecule has 2 aromatic heterocycles. The fraction of sp³-hybridized carbons (Fsp3) is 0.382. The summed E-state index contributed by atoms with van der Waals surface area (Å²) in [5, 5.41) is 24.8. The minimum Gasteiger partial charge on any atom is -0.497 e. The summed E-state index contributed by atoms with van der Waals surface area (Å²) in [6.07, 6.45) is -4.14. The molecular weight excluding hydrogens is 664 g/mol. The van der Waals surface area contributed by atoms with Crippen LogP contribution in [0.5, 0.6) is 5.75 Å². The second kappa shape index (κ2) is 15.1. The zero-order valence-corrected chi connectivity index (χ0v) is 28.4. The largest absolute Gasteiger partial charge is 0.497 e. The van der Waals surface area contributed by atoms with Crippen LogP contribution in [0.2, 0.25) is 0 Å². The van der Waals surface area contributed by atoms with E-state index in [2.05, 4.69) is 20.3 Å². The molecule has 0 unspecified atom stereocenters. The Balaban J connectivity index is 1.58. The van der Waals surface area contributed by atoms with E-state index in [9.17, 15) is 29.4 Å². The second-order valence-electron chi connectivity index (χ2n) is 12.9. The summed E-state index contributed by atoms with van der Waals surface area (Å²) < 4.78 is 17.7. The number of nitrogens with zero attached hydrogens (tertiary/aromatic N) is 5. The SMILES string of the molecule is COc1ccc(C[C@H](N)C(=O)N(C(=O)[C@@H](Cc2ccccc2)NC(=O)OC(C)(C)C)[C@H]2[C@@H](O)[C@H](n3cnc4c(N)ncnc43)O[C@@H]2C(=O)O)cc1. The fourth-order valence-corrected chi connectivity index (χ4v) is 5.79. The molecule has 4 aromatic rings. The lowest BCUT2D eigenvalue weighted by atomic mass is 9.98. The Hall–Kier alpha value is -5.65. The maximum absolute atomic E-state index is 14.7. The van der Waals surface area contributed by atoms with Crippen LogP contribution in [0.1, 0.15) is 38.1 Å². The van der Waals surface area contributed by atoms with Gasteiger partial charge in [-0.05, 0) is 50.5 Å². The Morgan fingerprint density at radius 3 is 2.29 bits per heavy atom. The number of aliphatic carboxylic acids is 1. The van der Waals surface area contributed by atoms with Crippen molar-refractivity contribution in [3.05, 3.63) is 78.4 Å². The van der Waals surface area contributed by atoms with Crippen molar-refractivity contribution in [1.82, 2.24) is 29.7 Å². The Morgan fingerprint density at radius 1 is 1.00 bits per heavy atom. The van der Waals surface area contributed by atoms with Crippen LogP contribution in [0.15, 0.2) is 67.3 Å². The number of anilines is 1. The van der Waals surface area contributed by atoms with Crippen LogP contribution in [0.3, 0.4) is 0 Å². The number of imide groups is 1. The lowest BCUT2D eigenvalue weighted by Gasteiger charge is -2.35. The molecule has 0 aliphatic carbocycles. The third-order valence-corrected chi connectivity index (χ3v) is 8.12. The summed E-state index contributed by atoms with van der Waals surface area (Å²) in [4.78, 5) is 67.8. The molecule has 17 nitrogen and oxygen atoms in total. The number of fused-ring (bicyclic) bond motifs is 1. The number of alkyl carbamates (subject to hydrolysis) is 1. The third kappa shape index (κ3) is 8.22. The Labute approximate surface area is 292 Å². The number of carbonyl (C=O) groups is 4. The topological polar surface area (TPSA) is 247 Å². The molecule has 3 amide bonds. The molecule has 6 atom stereocenters. The minimum absolute atomic E-state index is 0.0195. The van der Waals surface area contributed by atoms with Gasteiger partial charge in [0.2, 0.25) is 5.91 Å². The second-order valence-corrected chi connectivity index (χ2v) is 12.9. The number of aromatic nitrogens is 4. The van der Waals surface area contributed by atoms with E-state index in [0.717, 1.165) is 6.33 Å². The van der Waals surface area contributed by atoms with E-state index in [-0.39, 0.29) is 29.8 Å². The molecular formula is C34H40N8O9. The first kappa shape index (κ1) is 36.6. The smallest absolute Gasteiger partial charge is 0.408 e. The van der Waals surface area contributed by atoms with Crippen molar-refractivity contribution in [2.75, 3.05) is 12.8 Å². The van der Waals surface area contributed by atoms with Gasteiger partial charge in [0.05, 0.1) is 19.5 Å². The molecule has 0 bridgehead atoms. The Kier molecular flexibility index (Phi) is 10.8. The van der Waals surface area contributed by atoms with Crippen LogP contribution >= 0.6 is 0 Å². The van der Waals surface area contributed by atoms with E-state index >= 15 is 0 Å². The van der Waals surface area contributed by atoms with E-state index in [0.29, 0.717) is 21.8 Å². The van der Waals surface area contributed by atoms with Gasteiger partial charge in [0, 0.05) is 6.42 Å². The Morgan fingerprint density at radius 2 is 1.67 bits per heavy atom. The van der Waals surface area contributed by atoms with Gasteiger partial charge in [-0.3, -0.25) is 19.1 Å². The van der Waals surface area contributed by atoms with Gasteiger partial charge >= 0.3 is 12.1 Å². The standard InChI is InChI=1S/C34H40N8O9/c1-34(2,3)51-33(48)40-22(15-18-8-6-5-7-9-18)30(45)42(29(44)21(35)14-19-10-12-20(49-4)13-11-19)24-25(43)31(50-26(24)32(46)47)41-17-39-23-27(36)37-16-38-28(23)41/h5-13,16-17,21-22,24-26,31,43H,14-15,35H2,1-4H3,(H,40,48)(H,46,47)(H2,36,37,38)/t21-,22+,24-,25+,26-,31+/m0/s1. The summed E-state index contributed by atoms with van der Waals surface area (Å²) in [5.41, 5.74) is 12.9. The number of imidazole rings is 1. The average molecular weight is 705 g/mol. The number of nitrogen functional groups attached to an aromatic ring is 1. The van der Waals surface area contributed by atoms with Crippen molar-refractivity contribution in [1.29, 1.82) is 0 Å². The van der Waals surface area contributed by atoms with Crippen molar-refractivity contribution < 1.29 is 43.6 Å². The van der Waals surface area contributed by atoms with Crippen molar-refractivity contribution >= 4 is 40.9 Å². The quantitative estimate of drug-likeness (QED) is 0.147. The number of carbonyl (C=O) groups excluding carboxylic acids is 3. The number of aliphatic hydroxyl groups is 1. The number of carboxylic acids is 1. The van der Waals surface area contributed by atoms with Gasteiger partial charge in [-0.1, -0.05) is 42.5 Å². The summed E-state index contributed by atoms with van der Waals surface area (Å²) in [6.45, 7) is 4.91.